The van der Waals surface area contributed by atoms with E-state index in [-0.39, 0.29) is 11.9 Å². The second-order valence-corrected chi connectivity index (χ2v) is 4.27. The molecule has 0 aliphatic carbocycles. The molecule has 0 fully saturated rings. The van der Waals surface area contributed by atoms with Crippen LogP contribution in [0.15, 0.2) is 29.3 Å². The predicted octanol–water partition coefficient (Wildman–Crippen LogP) is 1.53. The molecule has 1 aromatic carbocycles. The van der Waals surface area contributed by atoms with Gasteiger partial charge in [0.25, 0.3) is 0 Å². The number of hydrogen-bond donors (Lipinski definition) is 2. The Morgan fingerprint density at radius 1 is 1.44 bits per heavy atom. The molecule has 0 radical (unpaired) electrons. The molecule has 0 aromatic heterocycles. The van der Waals surface area contributed by atoms with E-state index in [1.807, 2.05) is 6.92 Å². The molecular weight excluding hydrogens is 233 g/mol. The summed E-state index contributed by atoms with van der Waals surface area (Å²) in [6.07, 6.45) is 1.06. The molecule has 1 unspecified atom stereocenters. The molecule has 98 valence electrons. The van der Waals surface area contributed by atoms with E-state index in [2.05, 4.69) is 15.6 Å². The van der Waals surface area contributed by atoms with E-state index in [0.717, 1.165) is 25.5 Å². The van der Waals surface area contributed by atoms with Crippen molar-refractivity contribution in [2.45, 2.75) is 19.4 Å². The first-order valence-electron chi connectivity index (χ1n) is 6.18. The van der Waals surface area contributed by atoms with Crippen molar-refractivity contribution in [2.75, 3.05) is 19.6 Å². The molecule has 1 aliphatic heterocycles. The van der Waals surface area contributed by atoms with Crippen LogP contribution in [0.2, 0.25) is 0 Å². The van der Waals surface area contributed by atoms with Crippen molar-refractivity contribution in [3.63, 3.8) is 0 Å². The van der Waals surface area contributed by atoms with Crippen LogP contribution in [0, 0.1) is 5.82 Å². The van der Waals surface area contributed by atoms with Crippen LogP contribution in [0.4, 0.5) is 4.39 Å². The zero-order valence-corrected chi connectivity index (χ0v) is 10.4. The zero-order chi connectivity index (χ0) is 12.8. The first kappa shape index (κ1) is 12.7. The molecule has 0 spiro atoms. The first-order valence-corrected chi connectivity index (χ1v) is 6.18. The molecule has 0 amide bonds. The standard InChI is InChI=1S/C13H18FN3O/c1-10(9-17-13-15-7-2-8-16-13)18-12-5-3-11(14)4-6-12/h3-6,10H,2,7-9H2,1H3,(H2,15,16,17). The van der Waals surface area contributed by atoms with Gasteiger partial charge in [0.05, 0.1) is 6.54 Å². The van der Waals surface area contributed by atoms with Crippen molar-refractivity contribution in [3.8, 4) is 5.75 Å². The summed E-state index contributed by atoms with van der Waals surface area (Å²) in [6, 6.07) is 6.04. The lowest BCUT2D eigenvalue weighted by Gasteiger charge is -2.19. The molecule has 1 aromatic rings. The van der Waals surface area contributed by atoms with Crippen LogP contribution in [0.3, 0.4) is 0 Å². The van der Waals surface area contributed by atoms with Crippen molar-refractivity contribution in [3.05, 3.63) is 30.1 Å². The van der Waals surface area contributed by atoms with E-state index < -0.39 is 0 Å². The summed E-state index contributed by atoms with van der Waals surface area (Å²) in [5.41, 5.74) is 0. The highest BCUT2D eigenvalue weighted by Gasteiger charge is 2.07. The van der Waals surface area contributed by atoms with Gasteiger partial charge in [-0.15, -0.1) is 0 Å². The van der Waals surface area contributed by atoms with Crippen LogP contribution in [0.1, 0.15) is 13.3 Å². The summed E-state index contributed by atoms with van der Waals surface area (Å²) >= 11 is 0. The number of benzene rings is 1. The van der Waals surface area contributed by atoms with Gasteiger partial charge in [-0.05, 0) is 37.6 Å². The van der Waals surface area contributed by atoms with Gasteiger partial charge in [0.2, 0.25) is 0 Å². The van der Waals surface area contributed by atoms with Gasteiger partial charge in [0, 0.05) is 13.1 Å². The SMILES string of the molecule is CC(CNC1=NCCCN1)Oc1ccc(F)cc1. The lowest BCUT2D eigenvalue weighted by molar-refractivity contribution is 0.223. The van der Waals surface area contributed by atoms with Crippen LogP contribution in [-0.2, 0) is 0 Å². The van der Waals surface area contributed by atoms with Gasteiger partial charge in [0.1, 0.15) is 17.7 Å². The number of nitrogens with zero attached hydrogens (tertiary/aromatic N) is 1. The second-order valence-electron chi connectivity index (χ2n) is 4.27. The summed E-state index contributed by atoms with van der Waals surface area (Å²) in [7, 11) is 0. The molecule has 5 heteroatoms. The highest BCUT2D eigenvalue weighted by Crippen LogP contribution is 2.12. The quantitative estimate of drug-likeness (QED) is 0.853. The molecule has 0 saturated carbocycles. The minimum atomic E-state index is -0.256. The van der Waals surface area contributed by atoms with Gasteiger partial charge >= 0.3 is 0 Å². The normalized spacial score (nSPS) is 16.4. The Morgan fingerprint density at radius 3 is 2.89 bits per heavy atom. The summed E-state index contributed by atoms with van der Waals surface area (Å²) < 4.78 is 18.4. The van der Waals surface area contributed by atoms with E-state index in [1.54, 1.807) is 12.1 Å². The molecule has 2 rings (SSSR count). The topological polar surface area (TPSA) is 45.7 Å². The Balaban J connectivity index is 1.76. The van der Waals surface area contributed by atoms with Gasteiger partial charge in [0.15, 0.2) is 5.96 Å². The molecule has 4 nitrogen and oxygen atoms in total. The number of halogens is 1. The van der Waals surface area contributed by atoms with Crippen LogP contribution < -0.4 is 15.4 Å². The van der Waals surface area contributed by atoms with Crippen molar-refractivity contribution in [1.29, 1.82) is 0 Å². The molecule has 1 aliphatic rings. The Bertz CT molecular complexity index is 405. The van der Waals surface area contributed by atoms with Crippen LogP contribution in [-0.4, -0.2) is 31.7 Å². The Labute approximate surface area is 106 Å². The molecule has 18 heavy (non-hydrogen) atoms. The second kappa shape index (κ2) is 6.23. The average Bonchev–Trinajstić information content (AvgIpc) is 2.40. The average molecular weight is 251 g/mol. The van der Waals surface area contributed by atoms with Crippen LogP contribution in [0.5, 0.6) is 5.75 Å². The lowest BCUT2D eigenvalue weighted by Crippen LogP contribution is -2.44. The Morgan fingerprint density at radius 2 is 2.22 bits per heavy atom. The largest absolute Gasteiger partial charge is 0.489 e. The van der Waals surface area contributed by atoms with E-state index in [9.17, 15) is 4.39 Å². The van der Waals surface area contributed by atoms with Gasteiger partial charge in [-0.3, -0.25) is 4.99 Å². The third kappa shape index (κ3) is 3.91. The zero-order valence-electron chi connectivity index (χ0n) is 10.4. The van der Waals surface area contributed by atoms with Crippen molar-refractivity contribution in [2.24, 2.45) is 4.99 Å². The highest BCUT2D eigenvalue weighted by molar-refractivity contribution is 5.80. The fraction of sp³-hybridized carbons (Fsp3) is 0.462. The van der Waals surface area contributed by atoms with Gasteiger partial charge in [-0.25, -0.2) is 4.39 Å². The summed E-state index contributed by atoms with van der Waals surface area (Å²) in [4.78, 5) is 4.31. The number of aliphatic imine (C=N–C) groups is 1. The maximum Gasteiger partial charge on any atom is 0.191 e. The Hall–Kier alpha value is -1.78. The maximum absolute atomic E-state index is 12.7. The third-order valence-corrected chi connectivity index (χ3v) is 2.61. The minimum absolute atomic E-state index is 0.0121. The molecule has 0 bridgehead atoms. The molecule has 1 heterocycles. The van der Waals surface area contributed by atoms with Crippen molar-refractivity contribution < 1.29 is 9.13 Å². The van der Waals surface area contributed by atoms with E-state index in [4.69, 9.17) is 4.74 Å². The molecule has 2 N–H and O–H groups in total. The number of guanidine groups is 1. The van der Waals surface area contributed by atoms with E-state index in [0.29, 0.717) is 12.3 Å². The summed E-state index contributed by atoms with van der Waals surface area (Å²) in [5, 5.41) is 6.37. The highest BCUT2D eigenvalue weighted by atomic mass is 19.1. The van der Waals surface area contributed by atoms with Crippen molar-refractivity contribution in [1.82, 2.24) is 10.6 Å². The minimum Gasteiger partial charge on any atom is -0.489 e. The number of nitrogens with one attached hydrogen (secondary N) is 2. The monoisotopic (exact) mass is 251 g/mol. The third-order valence-electron chi connectivity index (χ3n) is 2.61. The predicted molar refractivity (Wildman–Crippen MR) is 69.4 cm³/mol. The molecule has 1 atom stereocenters. The van der Waals surface area contributed by atoms with Crippen LogP contribution >= 0.6 is 0 Å². The first-order chi connectivity index (χ1) is 8.74. The Kier molecular flexibility index (Phi) is 4.39. The number of rotatable bonds is 4. The maximum atomic E-state index is 12.7. The summed E-state index contributed by atoms with van der Waals surface area (Å²) in [6.45, 7) is 4.44. The fourth-order valence-corrected chi connectivity index (χ4v) is 1.68. The van der Waals surface area contributed by atoms with Gasteiger partial charge in [-0.2, -0.15) is 0 Å². The van der Waals surface area contributed by atoms with Crippen LogP contribution in [0.25, 0.3) is 0 Å². The van der Waals surface area contributed by atoms with E-state index in [1.165, 1.54) is 12.1 Å². The molecule has 0 saturated heterocycles. The van der Waals surface area contributed by atoms with Gasteiger partial charge < -0.3 is 15.4 Å². The van der Waals surface area contributed by atoms with Crippen molar-refractivity contribution >= 4 is 5.96 Å². The lowest BCUT2D eigenvalue weighted by atomic mass is 10.3. The van der Waals surface area contributed by atoms with E-state index >= 15 is 0 Å². The number of hydrogen-bond acceptors (Lipinski definition) is 4. The summed E-state index contributed by atoms with van der Waals surface area (Å²) in [5.74, 6) is 1.24. The molecular formula is C13H18FN3O. The number of ether oxygens (including phenoxy) is 1. The smallest absolute Gasteiger partial charge is 0.191 e. The fourth-order valence-electron chi connectivity index (χ4n) is 1.68. The van der Waals surface area contributed by atoms with Gasteiger partial charge in [-0.1, -0.05) is 0 Å².